The molecule has 1 amide bonds. The highest BCUT2D eigenvalue weighted by molar-refractivity contribution is 6.35. The maximum absolute atomic E-state index is 15.5. The van der Waals surface area contributed by atoms with Gasteiger partial charge in [-0.05, 0) is 36.6 Å². The summed E-state index contributed by atoms with van der Waals surface area (Å²) in [6, 6.07) is 5.17. The highest BCUT2D eigenvalue weighted by Gasteiger charge is 2.46. The summed E-state index contributed by atoms with van der Waals surface area (Å²) in [4.78, 5) is 16.5. The van der Waals surface area contributed by atoms with E-state index in [1.165, 1.54) is 24.4 Å². The zero-order chi connectivity index (χ0) is 19.8. The number of halogens is 5. The Morgan fingerprint density at radius 3 is 2.85 bits per heavy atom. The van der Waals surface area contributed by atoms with Gasteiger partial charge in [0.2, 0.25) is 5.67 Å². The molecule has 1 aliphatic rings. The van der Waals surface area contributed by atoms with Crippen LogP contribution in [-0.4, -0.2) is 16.0 Å². The van der Waals surface area contributed by atoms with Crippen LogP contribution in [-0.2, 0) is 17.0 Å². The van der Waals surface area contributed by atoms with Crippen LogP contribution in [0.1, 0.15) is 47.8 Å². The quantitative estimate of drug-likeness (QED) is 0.760. The summed E-state index contributed by atoms with van der Waals surface area (Å²) >= 11 is 11.7. The molecule has 0 unspecified atom stereocenters. The Labute approximate surface area is 163 Å². The molecule has 2 N–H and O–H groups in total. The third-order valence-corrected chi connectivity index (χ3v) is 5.11. The van der Waals surface area contributed by atoms with Crippen molar-refractivity contribution in [3.05, 3.63) is 62.9 Å². The van der Waals surface area contributed by atoms with Crippen molar-refractivity contribution >= 4 is 29.1 Å². The Morgan fingerprint density at radius 1 is 1.41 bits per heavy atom. The monoisotopic (exact) mass is 418 g/mol. The van der Waals surface area contributed by atoms with Gasteiger partial charge < -0.3 is 10.4 Å². The number of pyridine rings is 1. The third kappa shape index (κ3) is 3.77. The number of amides is 1. The van der Waals surface area contributed by atoms with Gasteiger partial charge in [0.25, 0.3) is 12.3 Å². The second kappa shape index (κ2) is 7.66. The molecule has 0 spiro atoms. The summed E-state index contributed by atoms with van der Waals surface area (Å²) < 4.78 is 42.0. The minimum Gasteiger partial charge on any atom is -0.387 e. The number of fused-ring (bicyclic) bond motifs is 1. The molecule has 2 aromatic rings. The molecule has 144 valence electrons. The summed E-state index contributed by atoms with van der Waals surface area (Å²) in [5.41, 5.74) is -2.82. The molecule has 1 aromatic carbocycles. The van der Waals surface area contributed by atoms with Gasteiger partial charge >= 0.3 is 0 Å². The first kappa shape index (κ1) is 19.9. The average molecular weight is 419 g/mol. The fourth-order valence-electron chi connectivity index (χ4n) is 3.17. The first-order chi connectivity index (χ1) is 12.7. The van der Waals surface area contributed by atoms with Crippen molar-refractivity contribution < 1.29 is 23.1 Å². The molecule has 9 heteroatoms. The van der Waals surface area contributed by atoms with Crippen LogP contribution in [0.3, 0.4) is 0 Å². The minimum atomic E-state index is -2.86. The zero-order valence-electron chi connectivity index (χ0n) is 13.9. The number of hydrogen-bond acceptors (Lipinski definition) is 3. The van der Waals surface area contributed by atoms with E-state index >= 15 is 4.39 Å². The molecule has 1 aromatic heterocycles. The van der Waals surface area contributed by atoms with Crippen molar-refractivity contribution in [2.45, 2.75) is 37.6 Å². The van der Waals surface area contributed by atoms with Crippen molar-refractivity contribution in [3.8, 4) is 0 Å². The lowest BCUT2D eigenvalue weighted by Gasteiger charge is -2.32. The highest BCUT2D eigenvalue weighted by Crippen LogP contribution is 2.42. The second-order valence-electron chi connectivity index (χ2n) is 6.23. The van der Waals surface area contributed by atoms with Crippen molar-refractivity contribution in [1.29, 1.82) is 0 Å². The van der Waals surface area contributed by atoms with E-state index in [0.29, 0.717) is 0 Å². The van der Waals surface area contributed by atoms with E-state index < -0.39 is 36.2 Å². The molecule has 0 fully saturated rings. The normalized spacial score (nSPS) is 21.8. The fraction of sp³-hybridized carbons (Fsp3) is 0.333. The number of nitrogens with one attached hydrogen (secondary N) is 1. The van der Waals surface area contributed by atoms with E-state index in [-0.39, 0.29) is 39.7 Å². The second-order valence-corrected chi connectivity index (χ2v) is 7.07. The number of alkyl halides is 3. The van der Waals surface area contributed by atoms with Gasteiger partial charge in [-0.2, -0.15) is 0 Å². The van der Waals surface area contributed by atoms with E-state index in [2.05, 4.69) is 10.3 Å². The first-order valence-corrected chi connectivity index (χ1v) is 8.86. The molecule has 4 nitrogen and oxygen atoms in total. The van der Waals surface area contributed by atoms with Crippen molar-refractivity contribution in [3.63, 3.8) is 0 Å². The topological polar surface area (TPSA) is 62.2 Å². The van der Waals surface area contributed by atoms with Gasteiger partial charge in [0.05, 0.1) is 11.8 Å². The molecule has 27 heavy (non-hydrogen) atoms. The van der Waals surface area contributed by atoms with Gasteiger partial charge in [0, 0.05) is 33.9 Å². The molecule has 0 saturated heterocycles. The van der Waals surface area contributed by atoms with E-state index in [4.69, 9.17) is 23.2 Å². The first-order valence-electron chi connectivity index (χ1n) is 8.10. The average Bonchev–Trinajstić information content (AvgIpc) is 2.63. The van der Waals surface area contributed by atoms with Crippen LogP contribution in [0.2, 0.25) is 10.0 Å². The largest absolute Gasteiger partial charge is 0.387 e. The van der Waals surface area contributed by atoms with Gasteiger partial charge in [-0.15, -0.1) is 0 Å². The smallest absolute Gasteiger partial charge is 0.264 e. The molecular weight excluding hydrogens is 404 g/mol. The molecule has 3 rings (SSSR count). The number of aromatic nitrogens is 1. The summed E-state index contributed by atoms with van der Waals surface area (Å²) in [7, 11) is 0. The van der Waals surface area contributed by atoms with Gasteiger partial charge in [0.1, 0.15) is 0 Å². The van der Waals surface area contributed by atoms with Crippen LogP contribution < -0.4 is 5.32 Å². The lowest BCUT2D eigenvalue weighted by molar-refractivity contribution is -0.135. The maximum atomic E-state index is 15.5. The number of aliphatic hydroxyl groups is 1. The minimum absolute atomic E-state index is 0.0118. The van der Waals surface area contributed by atoms with Crippen LogP contribution in [0.25, 0.3) is 0 Å². The van der Waals surface area contributed by atoms with Gasteiger partial charge in [-0.1, -0.05) is 29.3 Å². The van der Waals surface area contributed by atoms with Crippen LogP contribution in [0.5, 0.6) is 0 Å². The fourth-order valence-corrected chi connectivity index (χ4v) is 3.75. The Balaban J connectivity index is 1.86. The molecule has 0 bridgehead atoms. The SMILES string of the molecule is O=C(NCc1c(Cl)cc(Cl)cc1C(F)F)[C@@]1(F)CC[C@H](O)c2ncccc21. The summed E-state index contributed by atoms with van der Waals surface area (Å²) in [5.74, 6) is -1.00. The number of carbonyl (C=O) groups is 1. The number of aliphatic hydroxyl groups excluding tert-OH is 1. The van der Waals surface area contributed by atoms with E-state index in [1.807, 2.05) is 0 Å². The lowest BCUT2D eigenvalue weighted by Crippen LogP contribution is -2.44. The van der Waals surface area contributed by atoms with Crippen molar-refractivity contribution in [2.75, 3.05) is 0 Å². The molecule has 1 aliphatic carbocycles. The van der Waals surface area contributed by atoms with Crippen LogP contribution >= 0.6 is 23.2 Å². The van der Waals surface area contributed by atoms with E-state index in [9.17, 15) is 18.7 Å². The number of nitrogens with zero attached hydrogens (tertiary/aromatic N) is 1. The Bertz CT molecular complexity index is 882. The predicted octanol–water partition coefficient (Wildman–Crippen LogP) is 4.63. The summed E-state index contributed by atoms with van der Waals surface area (Å²) in [6.45, 7) is -0.391. The van der Waals surface area contributed by atoms with Crippen molar-refractivity contribution in [1.82, 2.24) is 10.3 Å². The Kier molecular flexibility index (Phi) is 5.65. The molecule has 0 saturated carbocycles. The Morgan fingerprint density at radius 2 is 2.15 bits per heavy atom. The molecule has 0 aliphatic heterocycles. The highest BCUT2D eigenvalue weighted by atomic mass is 35.5. The molecular formula is C18H15Cl2F3N2O2. The third-order valence-electron chi connectivity index (χ3n) is 4.56. The molecule has 1 heterocycles. The van der Waals surface area contributed by atoms with Gasteiger partial charge in [-0.3, -0.25) is 9.78 Å². The van der Waals surface area contributed by atoms with E-state index in [0.717, 1.165) is 6.07 Å². The summed E-state index contributed by atoms with van der Waals surface area (Å²) in [5, 5.41) is 12.3. The Hall–Kier alpha value is -1.83. The zero-order valence-corrected chi connectivity index (χ0v) is 15.4. The number of benzene rings is 1. The summed E-state index contributed by atoms with van der Waals surface area (Å²) in [6.07, 6.45) is -2.67. The van der Waals surface area contributed by atoms with Gasteiger partial charge in [0.15, 0.2) is 0 Å². The molecule has 2 atom stereocenters. The number of carbonyl (C=O) groups excluding carboxylic acids is 1. The lowest BCUT2D eigenvalue weighted by atomic mass is 9.81. The predicted molar refractivity (Wildman–Crippen MR) is 94.5 cm³/mol. The number of hydrogen-bond donors (Lipinski definition) is 2. The standard InChI is InChI=1S/C18H15Cl2F3N2O2/c19-9-6-10(16(21)22)11(13(20)7-9)8-25-17(27)18(23)4-3-14(26)15-12(18)2-1-5-24-15/h1-2,5-7,14,16,26H,3-4,8H2,(H,25,27)/t14-,18+/m0/s1. The number of rotatable bonds is 4. The molecule has 0 radical (unpaired) electrons. The maximum Gasteiger partial charge on any atom is 0.264 e. The van der Waals surface area contributed by atoms with Crippen LogP contribution in [0, 0.1) is 0 Å². The van der Waals surface area contributed by atoms with Crippen molar-refractivity contribution in [2.24, 2.45) is 0 Å². The van der Waals surface area contributed by atoms with Crippen LogP contribution in [0.4, 0.5) is 13.2 Å². The van der Waals surface area contributed by atoms with Crippen LogP contribution in [0.15, 0.2) is 30.5 Å². The van der Waals surface area contributed by atoms with Gasteiger partial charge in [-0.25, -0.2) is 13.2 Å². The van der Waals surface area contributed by atoms with E-state index in [1.54, 1.807) is 0 Å².